The lowest BCUT2D eigenvalue weighted by atomic mass is 9.82. The number of hydrogen-bond acceptors (Lipinski definition) is 0. The van der Waals surface area contributed by atoms with Crippen LogP contribution in [0.5, 0.6) is 0 Å². The predicted molar refractivity (Wildman–Crippen MR) is 75.1 cm³/mol. The van der Waals surface area contributed by atoms with Crippen LogP contribution in [0.1, 0.15) is 50.5 Å². The Balaban J connectivity index is 1.69. The Labute approximate surface area is 106 Å². The van der Waals surface area contributed by atoms with E-state index in [0.29, 0.717) is 0 Å². The van der Waals surface area contributed by atoms with Gasteiger partial charge in [0.1, 0.15) is 0 Å². The third kappa shape index (κ3) is 4.03. The number of hydrogen-bond donors (Lipinski definition) is 0. The van der Waals surface area contributed by atoms with Gasteiger partial charge in [0.2, 0.25) is 0 Å². The Kier molecular flexibility index (Phi) is 4.85. The number of benzene rings is 1. The van der Waals surface area contributed by atoms with Gasteiger partial charge in [0.25, 0.3) is 0 Å². The first-order valence-corrected chi connectivity index (χ1v) is 7.08. The van der Waals surface area contributed by atoms with Crippen molar-refractivity contribution in [1.82, 2.24) is 0 Å². The lowest BCUT2D eigenvalue weighted by Gasteiger charge is -2.23. The van der Waals surface area contributed by atoms with Gasteiger partial charge in [-0.25, -0.2) is 0 Å². The van der Waals surface area contributed by atoms with Crippen LogP contribution in [-0.2, 0) is 6.42 Å². The van der Waals surface area contributed by atoms with E-state index in [-0.39, 0.29) is 0 Å². The van der Waals surface area contributed by atoms with Crippen molar-refractivity contribution in [3.63, 3.8) is 0 Å². The molecule has 1 aliphatic rings. The average Bonchev–Trinajstić information content (AvgIpc) is 2.41. The van der Waals surface area contributed by atoms with Crippen molar-refractivity contribution in [3.8, 4) is 0 Å². The quantitative estimate of drug-likeness (QED) is 0.612. The van der Waals surface area contributed by atoms with Crippen molar-refractivity contribution in [2.75, 3.05) is 0 Å². The summed E-state index contributed by atoms with van der Waals surface area (Å²) < 4.78 is 0. The summed E-state index contributed by atoms with van der Waals surface area (Å²) in [4.78, 5) is 0. The molecular weight excluding hydrogens is 204 g/mol. The Morgan fingerprint density at radius 2 is 1.76 bits per heavy atom. The van der Waals surface area contributed by atoms with Crippen molar-refractivity contribution in [1.29, 1.82) is 0 Å². The van der Waals surface area contributed by atoms with E-state index in [1.807, 2.05) is 0 Å². The molecular formula is C17H24. The molecule has 0 heteroatoms. The lowest BCUT2D eigenvalue weighted by molar-refractivity contribution is 0.394. The minimum absolute atomic E-state index is 0.833. The van der Waals surface area contributed by atoms with Crippen LogP contribution in [0, 0.1) is 5.92 Å². The van der Waals surface area contributed by atoms with Crippen LogP contribution in [0.15, 0.2) is 42.5 Å². The second-order valence-corrected chi connectivity index (χ2v) is 5.33. The summed E-state index contributed by atoms with van der Waals surface area (Å²) in [6.45, 7) is 4.31. The van der Waals surface area contributed by atoms with Crippen LogP contribution >= 0.6 is 0 Å². The fraction of sp³-hybridized carbons (Fsp3) is 0.529. The van der Waals surface area contributed by atoms with Crippen LogP contribution in [-0.4, -0.2) is 0 Å². The molecule has 0 N–H and O–H groups in total. The van der Waals surface area contributed by atoms with Crippen LogP contribution < -0.4 is 0 Å². The first-order chi connectivity index (χ1) is 8.36. The minimum Gasteiger partial charge on any atom is -0.0996 e. The van der Waals surface area contributed by atoms with E-state index in [1.54, 1.807) is 0 Å². The molecule has 0 aliphatic heterocycles. The Morgan fingerprint density at radius 1 is 1.06 bits per heavy atom. The summed E-state index contributed by atoms with van der Waals surface area (Å²) in [7, 11) is 0. The third-order valence-corrected chi connectivity index (χ3v) is 3.99. The van der Waals surface area contributed by atoms with Crippen LogP contribution in [0.25, 0.3) is 0 Å². The molecule has 1 fully saturated rings. The molecule has 0 amide bonds. The van der Waals surface area contributed by atoms with E-state index in [4.69, 9.17) is 0 Å². The first kappa shape index (κ1) is 12.4. The lowest BCUT2D eigenvalue weighted by Crippen LogP contribution is -2.08. The summed E-state index contributed by atoms with van der Waals surface area (Å²) in [5.74, 6) is 0.833. The van der Waals surface area contributed by atoms with Crippen LogP contribution in [0.4, 0.5) is 0 Å². The van der Waals surface area contributed by atoms with Crippen LogP contribution in [0.2, 0.25) is 0 Å². The second-order valence-electron chi connectivity index (χ2n) is 5.33. The van der Waals surface area contributed by atoms with Crippen molar-refractivity contribution in [2.24, 2.45) is 5.92 Å². The zero-order valence-corrected chi connectivity index (χ0v) is 10.8. The fourth-order valence-electron chi connectivity index (χ4n) is 2.88. The molecule has 17 heavy (non-hydrogen) atoms. The molecule has 0 bridgehead atoms. The molecule has 1 aliphatic carbocycles. The van der Waals surface area contributed by atoms with E-state index >= 15 is 0 Å². The highest BCUT2D eigenvalue weighted by atomic mass is 14.2. The maximum Gasteiger partial charge on any atom is -0.0206 e. The summed E-state index contributed by atoms with van der Waals surface area (Å²) in [5.41, 5.74) is 2.98. The van der Waals surface area contributed by atoms with E-state index in [1.165, 1.54) is 62.5 Å². The Bertz CT molecular complexity index is 330. The minimum atomic E-state index is 0.833. The van der Waals surface area contributed by atoms with Gasteiger partial charge in [-0.15, -0.1) is 0 Å². The van der Waals surface area contributed by atoms with Crippen molar-refractivity contribution in [2.45, 2.75) is 51.4 Å². The number of aryl methyl sites for hydroxylation is 1. The molecule has 0 nitrogen and oxygen atoms in total. The van der Waals surface area contributed by atoms with Gasteiger partial charge < -0.3 is 0 Å². The second kappa shape index (κ2) is 6.64. The van der Waals surface area contributed by atoms with Crippen molar-refractivity contribution < 1.29 is 0 Å². The van der Waals surface area contributed by atoms with E-state index in [9.17, 15) is 0 Å². The maximum absolute atomic E-state index is 4.31. The van der Waals surface area contributed by atoms with E-state index in [2.05, 4.69) is 36.9 Å². The Morgan fingerprint density at radius 3 is 2.47 bits per heavy atom. The van der Waals surface area contributed by atoms with Crippen LogP contribution in [0.3, 0.4) is 0 Å². The van der Waals surface area contributed by atoms with E-state index < -0.39 is 0 Å². The molecule has 0 unspecified atom stereocenters. The zero-order valence-electron chi connectivity index (χ0n) is 10.8. The van der Waals surface area contributed by atoms with Gasteiger partial charge in [-0.3, -0.25) is 0 Å². The van der Waals surface area contributed by atoms with Gasteiger partial charge in [-0.2, -0.15) is 0 Å². The van der Waals surface area contributed by atoms with Gasteiger partial charge in [0.05, 0.1) is 0 Å². The molecule has 0 spiro atoms. The van der Waals surface area contributed by atoms with Gasteiger partial charge in [0.15, 0.2) is 0 Å². The SMILES string of the molecule is C=C(CCCc1ccccc1)C1CCCCC1. The largest absolute Gasteiger partial charge is 0.0996 e. The van der Waals surface area contributed by atoms with Gasteiger partial charge in [-0.1, -0.05) is 61.7 Å². The molecule has 1 saturated carbocycles. The highest BCUT2D eigenvalue weighted by Crippen LogP contribution is 2.31. The monoisotopic (exact) mass is 228 g/mol. The maximum atomic E-state index is 4.31. The smallest absolute Gasteiger partial charge is 0.0206 e. The molecule has 0 atom stereocenters. The summed E-state index contributed by atoms with van der Waals surface area (Å²) in [6, 6.07) is 10.8. The highest BCUT2D eigenvalue weighted by molar-refractivity contribution is 5.15. The van der Waals surface area contributed by atoms with Crippen molar-refractivity contribution in [3.05, 3.63) is 48.0 Å². The van der Waals surface area contributed by atoms with Crippen molar-refractivity contribution >= 4 is 0 Å². The number of allylic oxidation sites excluding steroid dienone is 1. The molecule has 1 aromatic carbocycles. The number of rotatable bonds is 5. The molecule has 2 rings (SSSR count). The zero-order chi connectivity index (χ0) is 11.9. The first-order valence-electron chi connectivity index (χ1n) is 7.08. The molecule has 0 aromatic heterocycles. The Hall–Kier alpha value is -1.04. The molecule has 0 radical (unpaired) electrons. The van der Waals surface area contributed by atoms with Gasteiger partial charge in [0, 0.05) is 0 Å². The standard InChI is InChI=1S/C17H24/c1-15(17-13-6-3-7-14-17)9-8-12-16-10-4-2-5-11-16/h2,4-5,10-11,17H,1,3,6-9,12-14H2. The highest BCUT2D eigenvalue weighted by Gasteiger charge is 2.15. The molecule has 0 heterocycles. The third-order valence-electron chi connectivity index (χ3n) is 3.99. The van der Waals surface area contributed by atoms with Gasteiger partial charge in [-0.05, 0) is 43.6 Å². The summed E-state index contributed by atoms with van der Waals surface area (Å²) >= 11 is 0. The topological polar surface area (TPSA) is 0 Å². The van der Waals surface area contributed by atoms with Gasteiger partial charge >= 0.3 is 0 Å². The molecule has 0 saturated heterocycles. The average molecular weight is 228 g/mol. The molecule has 92 valence electrons. The summed E-state index contributed by atoms with van der Waals surface area (Å²) in [6.07, 6.45) is 10.7. The van der Waals surface area contributed by atoms with E-state index in [0.717, 1.165) is 5.92 Å². The molecule has 1 aromatic rings. The normalized spacial score (nSPS) is 16.9. The summed E-state index contributed by atoms with van der Waals surface area (Å²) in [5, 5.41) is 0. The fourth-order valence-corrected chi connectivity index (χ4v) is 2.88. The predicted octanol–water partition coefficient (Wildman–Crippen LogP) is 5.15.